The van der Waals surface area contributed by atoms with Crippen LogP contribution in [-0.2, 0) is 11.3 Å². The van der Waals surface area contributed by atoms with E-state index in [1.54, 1.807) is 31.4 Å². The zero-order valence-corrected chi connectivity index (χ0v) is 16.6. The molecule has 0 spiro atoms. The van der Waals surface area contributed by atoms with Crippen LogP contribution in [0, 0.1) is 5.92 Å². The second-order valence-corrected chi connectivity index (χ2v) is 8.87. The summed E-state index contributed by atoms with van der Waals surface area (Å²) in [7, 11) is 1.56. The molecule has 28 heavy (non-hydrogen) atoms. The van der Waals surface area contributed by atoms with Crippen molar-refractivity contribution in [1.82, 2.24) is 4.57 Å². The number of amides is 1. The van der Waals surface area contributed by atoms with Crippen LogP contribution in [0.4, 0.5) is 5.69 Å². The molecule has 4 rings (SSSR count). The molecule has 1 aromatic heterocycles. The number of benzene rings is 1. The maximum absolute atomic E-state index is 12.5. The lowest BCUT2D eigenvalue weighted by molar-refractivity contribution is -0.116. The van der Waals surface area contributed by atoms with Crippen molar-refractivity contribution in [2.24, 2.45) is 5.92 Å². The van der Waals surface area contributed by atoms with Gasteiger partial charge in [-0.05, 0) is 24.3 Å². The number of carbonyl (C=O) groups is 1. The molecular weight excluding hydrogens is 404 g/mol. The third-order valence-electron chi connectivity index (χ3n) is 5.23. The Bertz CT molecular complexity index is 941. The summed E-state index contributed by atoms with van der Waals surface area (Å²) in [6, 6.07) is 6.86. The van der Waals surface area contributed by atoms with Crippen molar-refractivity contribution < 1.29 is 24.9 Å². The van der Waals surface area contributed by atoms with Gasteiger partial charge in [0.1, 0.15) is 18.4 Å². The molecule has 2 heterocycles. The van der Waals surface area contributed by atoms with Crippen molar-refractivity contribution in [3.8, 4) is 5.75 Å². The van der Waals surface area contributed by atoms with Gasteiger partial charge in [0, 0.05) is 28.2 Å². The number of aliphatic hydroxyl groups is 3. The van der Waals surface area contributed by atoms with Crippen LogP contribution in [0.15, 0.2) is 34.1 Å². The highest BCUT2D eigenvalue weighted by Crippen LogP contribution is 2.50. The zero-order chi connectivity index (χ0) is 20.0. The fourth-order valence-corrected chi connectivity index (χ4v) is 6.58. The van der Waals surface area contributed by atoms with E-state index in [1.165, 1.54) is 16.3 Å². The molecule has 0 saturated heterocycles. The van der Waals surface area contributed by atoms with Crippen molar-refractivity contribution >= 4 is 34.7 Å². The van der Waals surface area contributed by atoms with Gasteiger partial charge in [0.25, 0.3) is 0 Å². The maximum Gasteiger partial charge on any atom is 0.308 e. The second-order valence-electron chi connectivity index (χ2n) is 6.87. The Hall–Kier alpha value is -1.85. The first kappa shape index (κ1) is 19.5. The number of hydrogen-bond donors (Lipinski definition) is 4. The fourth-order valence-electron chi connectivity index (χ4n) is 3.78. The van der Waals surface area contributed by atoms with Crippen LogP contribution in [0.2, 0.25) is 0 Å². The van der Waals surface area contributed by atoms with Crippen LogP contribution in [0.5, 0.6) is 5.75 Å². The van der Waals surface area contributed by atoms with Gasteiger partial charge in [0.05, 0.1) is 24.3 Å². The molecule has 1 aliphatic carbocycles. The molecule has 2 aliphatic rings. The molecular formula is C18H20N2O6S2. The van der Waals surface area contributed by atoms with Crippen molar-refractivity contribution in [2.75, 3.05) is 18.2 Å². The number of thioether (sulfide) groups is 1. The molecule has 1 saturated carbocycles. The summed E-state index contributed by atoms with van der Waals surface area (Å²) in [6.07, 6.45) is -3.38. The van der Waals surface area contributed by atoms with Crippen LogP contribution in [0.1, 0.15) is 10.8 Å². The number of nitrogens with zero attached hydrogens (tertiary/aromatic N) is 1. The predicted octanol–water partition coefficient (Wildman–Crippen LogP) is 0.459. The second kappa shape index (κ2) is 7.53. The van der Waals surface area contributed by atoms with Crippen molar-refractivity contribution in [2.45, 2.75) is 35.8 Å². The average Bonchev–Trinajstić information content (AvgIpc) is 3.11. The van der Waals surface area contributed by atoms with E-state index < -0.39 is 24.2 Å². The molecule has 0 unspecified atom stereocenters. The smallest absolute Gasteiger partial charge is 0.308 e. The minimum atomic E-state index is -1.23. The van der Waals surface area contributed by atoms with Crippen molar-refractivity contribution in [3.05, 3.63) is 38.8 Å². The maximum atomic E-state index is 12.5. The molecule has 1 amide bonds. The number of carbonyl (C=O) groups excluding carboxylic acids is 1. The van der Waals surface area contributed by atoms with E-state index in [4.69, 9.17) is 4.74 Å². The van der Waals surface area contributed by atoms with E-state index in [2.05, 4.69) is 5.32 Å². The zero-order valence-electron chi connectivity index (χ0n) is 14.9. The first-order chi connectivity index (χ1) is 13.4. The number of fused-ring (bicyclic) bond motifs is 3. The van der Waals surface area contributed by atoms with Crippen LogP contribution in [-0.4, -0.2) is 57.0 Å². The number of methoxy groups -OCH3 is 1. The lowest BCUT2D eigenvalue weighted by Gasteiger charge is -2.27. The summed E-state index contributed by atoms with van der Waals surface area (Å²) < 4.78 is 6.47. The largest absolute Gasteiger partial charge is 0.497 e. The van der Waals surface area contributed by atoms with E-state index >= 15 is 0 Å². The molecule has 0 radical (unpaired) electrons. The number of anilines is 1. The lowest BCUT2D eigenvalue weighted by Crippen LogP contribution is -2.31. The highest BCUT2D eigenvalue weighted by molar-refractivity contribution is 7.99. The van der Waals surface area contributed by atoms with Gasteiger partial charge in [-0.15, -0.1) is 11.8 Å². The SMILES string of the molecule is COc1ccc(NC(=O)Cn2c3c(sc2=O)[C@H]2[C@@H](O)[C@@H](O)[C@H](O)[C@@H]2CS3)cc1. The van der Waals surface area contributed by atoms with Crippen LogP contribution >= 0.6 is 23.1 Å². The third kappa shape index (κ3) is 3.25. The van der Waals surface area contributed by atoms with Gasteiger partial charge < -0.3 is 25.4 Å². The molecule has 5 atom stereocenters. The quantitative estimate of drug-likeness (QED) is 0.563. The summed E-state index contributed by atoms with van der Waals surface area (Å²) in [5.74, 6) is -0.0235. The van der Waals surface area contributed by atoms with E-state index in [0.717, 1.165) is 11.3 Å². The fraction of sp³-hybridized carbons (Fsp3) is 0.444. The number of aromatic nitrogens is 1. The monoisotopic (exact) mass is 424 g/mol. The van der Waals surface area contributed by atoms with Gasteiger partial charge in [-0.1, -0.05) is 11.3 Å². The highest BCUT2D eigenvalue weighted by Gasteiger charge is 2.53. The van der Waals surface area contributed by atoms with Crippen molar-refractivity contribution in [1.29, 1.82) is 0 Å². The van der Waals surface area contributed by atoms with E-state index in [1.807, 2.05) is 0 Å². The number of nitrogens with one attached hydrogen (secondary N) is 1. The lowest BCUT2D eigenvalue weighted by atomic mass is 9.94. The number of aliphatic hydroxyl groups excluding tert-OH is 3. The summed E-state index contributed by atoms with van der Waals surface area (Å²) >= 11 is 2.33. The highest BCUT2D eigenvalue weighted by atomic mass is 32.2. The van der Waals surface area contributed by atoms with Gasteiger partial charge in [0.2, 0.25) is 5.91 Å². The van der Waals surface area contributed by atoms with E-state index in [-0.39, 0.29) is 23.2 Å². The number of hydrogen-bond acceptors (Lipinski definition) is 8. The van der Waals surface area contributed by atoms with E-state index in [9.17, 15) is 24.9 Å². The molecule has 8 nitrogen and oxygen atoms in total. The molecule has 1 aliphatic heterocycles. The number of ether oxygens (including phenoxy) is 1. The van der Waals surface area contributed by atoms with E-state index in [0.29, 0.717) is 27.1 Å². The molecule has 10 heteroatoms. The Morgan fingerprint density at radius 3 is 2.61 bits per heavy atom. The Morgan fingerprint density at radius 1 is 1.21 bits per heavy atom. The van der Waals surface area contributed by atoms with Gasteiger partial charge in [-0.3, -0.25) is 14.2 Å². The summed E-state index contributed by atoms with van der Waals surface area (Å²) in [6.45, 7) is -0.151. The molecule has 1 fully saturated rings. The Labute approximate surface area is 168 Å². The minimum absolute atomic E-state index is 0.151. The van der Waals surface area contributed by atoms with Gasteiger partial charge in [-0.2, -0.15) is 0 Å². The Balaban J connectivity index is 1.55. The van der Waals surface area contributed by atoms with Crippen LogP contribution in [0.3, 0.4) is 0 Å². The standard InChI is InChI=1S/C18H20N2O6S2/c1-26-9-4-2-8(3-5-9)19-11(21)6-20-17-16(28-18(20)25)12-10(7-27-17)13(22)15(24)14(12)23/h2-5,10,12-15,22-24H,6-7H2,1H3,(H,19,21)/t10-,12-,13-,14-,15+/m1/s1. The first-order valence-corrected chi connectivity index (χ1v) is 10.6. The molecule has 4 N–H and O–H groups in total. The van der Waals surface area contributed by atoms with Crippen molar-refractivity contribution in [3.63, 3.8) is 0 Å². The minimum Gasteiger partial charge on any atom is -0.497 e. The topological polar surface area (TPSA) is 121 Å². The normalized spacial score (nSPS) is 28.5. The van der Waals surface area contributed by atoms with Crippen LogP contribution < -0.4 is 14.9 Å². The van der Waals surface area contributed by atoms with Crippen LogP contribution in [0.25, 0.3) is 0 Å². The van der Waals surface area contributed by atoms with Gasteiger partial charge in [0.15, 0.2) is 0 Å². The summed E-state index contributed by atoms with van der Waals surface area (Å²) in [4.78, 5) is 25.3. The third-order valence-corrected chi connectivity index (χ3v) is 7.71. The molecule has 1 aromatic carbocycles. The average molecular weight is 425 g/mol. The molecule has 2 aromatic rings. The Kier molecular flexibility index (Phi) is 5.23. The summed E-state index contributed by atoms with van der Waals surface area (Å²) in [5, 5.41) is 33.8. The predicted molar refractivity (Wildman–Crippen MR) is 105 cm³/mol. The molecule has 0 bridgehead atoms. The first-order valence-electron chi connectivity index (χ1n) is 8.75. The number of thiazole rings is 1. The van der Waals surface area contributed by atoms with Gasteiger partial charge in [-0.25, -0.2) is 0 Å². The van der Waals surface area contributed by atoms with Gasteiger partial charge >= 0.3 is 4.87 Å². The molecule has 150 valence electrons. The Morgan fingerprint density at radius 2 is 1.93 bits per heavy atom. The summed E-state index contributed by atoms with van der Waals surface area (Å²) in [5.41, 5.74) is 0.591. The number of rotatable bonds is 4.